The largest absolute Gasteiger partial charge is 0.496 e. The summed E-state index contributed by atoms with van der Waals surface area (Å²) in [6, 6.07) is 18.2. The second kappa shape index (κ2) is 10.9. The molecule has 0 radical (unpaired) electrons. The molecule has 0 aliphatic rings. The quantitative estimate of drug-likeness (QED) is 0.473. The number of halogens is 1. The Labute approximate surface area is 192 Å². The van der Waals surface area contributed by atoms with Gasteiger partial charge in [-0.25, -0.2) is 12.8 Å². The van der Waals surface area contributed by atoms with Crippen LogP contribution in [-0.2, 0) is 27.8 Å². The molecule has 1 atom stereocenters. The number of sulfonamides is 1. The van der Waals surface area contributed by atoms with Gasteiger partial charge in [-0.3, -0.25) is 4.79 Å². The van der Waals surface area contributed by atoms with Crippen molar-refractivity contribution in [2.24, 2.45) is 0 Å². The second-order valence-corrected chi connectivity index (χ2v) is 8.87. The summed E-state index contributed by atoms with van der Waals surface area (Å²) >= 11 is 0. The molecule has 174 valence electrons. The Morgan fingerprint density at radius 3 is 2.30 bits per heavy atom. The number of hydrogen-bond donors (Lipinski definition) is 2. The van der Waals surface area contributed by atoms with Crippen molar-refractivity contribution in [3.8, 4) is 11.5 Å². The van der Waals surface area contributed by atoms with Gasteiger partial charge in [0.25, 0.3) is 0 Å². The number of carbonyl (C=O) groups is 1. The molecule has 3 aromatic carbocycles. The van der Waals surface area contributed by atoms with Gasteiger partial charge in [0.2, 0.25) is 15.9 Å². The number of nitrogens with one attached hydrogen (secondary N) is 2. The number of ether oxygens (including phenoxy) is 2. The molecule has 3 aromatic rings. The van der Waals surface area contributed by atoms with E-state index < -0.39 is 27.8 Å². The molecule has 33 heavy (non-hydrogen) atoms. The lowest BCUT2D eigenvalue weighted by Crippen LogP contribution is -2.47. The van der Waals surface area contributed by atoms with Gasteiger partial charge in [0.1, 0.15) is 28.3 Å². The zero-order valence-electron chi connectivity index (χ0n) is 18.2. The minimum atomic E-state index is -4.29. The highest BCUT2D eigenvalue weighted by Gasteiger charge is 2.28. The predicted molar refractivity (Wildman–Crippen MR) is 122 cm³/mol. The van der Waals surface area contributed by atoms with Crippen LogP contribution in [0.25, 0.3) is 0 Å². The lowest BCUT2D eigenvalue weighted by atomic mass is 10.1. The molecule has 0 saturated carbocycles. The Morgan fingerprint density at radius 2 is 1.61 bits per heavy atom. The van der Waals surface area contributed by atoms with Crippen LogP contribution in [0.5, 0.6) is 11.5 Å². The van der Waals surface area contributed by atoms with Crippen molar-refractivity contribution in [3.63, 3.8) is 0 Å². The van der Waals surface area contributed by atoms with Crippen molar-refractivity contribution >= 4 is 15.9 Å². The highest BCUT2D eigenvalue weighted by Crippen LogP contribution is 2.25. The lowest BCUT2D eigenvalue weighted by molar-refractivity contribution is -0.122. The van der Waals surface area contributed by atoms with Crippen LogP contribution in [0.15, 0.2) is 77.7 Å². The van der Waals surface area contributed by atoms with E-state index in [1.54, 1.807) is 36.4 Å². The molecular weight excluding hydrogens is 447 g/mol. The number of benzene rings is 3. The van der Waals surface area contributed by atoms with E-state index in [0.717, 1.165) is 23.3 Å². The third-order valence-electron chi connectivity index (χ3n) is 4.96. The SMILES string of the molecule is COc1ccccc1CNC(=O)C(Cc1ccccc1)NS(=O)(=O)c1cc(F)ccc1OC. The maximum absolute atomic E-state index is 13.8. The first kappa shape index (κ1) is 24.2. The standard InChI is InChI=1S/C24H25FN2O5S/c1-31-21-11-7-6-10-18(21)16-26-24(28)20(14-17-8-4-3-5-9-17)27-33(29,30)23-15-19(25)12-13-22(23)32-2/h3-13,15,20,27H,14,16H2,1-2H3,(H,26,28). The first-order valence-electron chi connectivity index (χ1n) is 10.1. The fourth-order valence-corrected chi connectivity index (χ4v) is 4.68. The molecule has 2 N–H and O–H groups in total. The first-order valence-corrected chi connectivity index (χ1v) is 11.6. The number of hydrogen-bond acceptors (Lipinski definition) is 5. The Balaban J connectivity index is 1.86. The molecule has 0 spiro atoms. The molecule has 0 aromatic heterocycles. The predicted octanol–water partition coefficient (Wildman–Crippen LogP) is 3.05. The number of para-hydroxylation sites is 1. The summed E-state index contributed by atoms with van der Waals surface area (Å²) in [6.07, 6.45) is 0.0927. The van der Waals surface area contributed by atoms with Crippen molar-refractivity contribution < 1.29 is 27.1 Å². The van der Waals surface area contributed by atoms with Crippen LogP contribution in [0, 0.1) is 5.82 Å². The van der Waals surface area contributed by atoms with E-state index in [1.807, 2.05) is 18.2 Å². The van der Waals surface area contributed by atoms with Gasteiger partial charge in [0, 0.05) is 12.1 Å². The van der Waals surface area contributed by atoms with E-state index in [4.69, 9.17) is 9.47 Å². The highest BCUT2D eigenvalue weighted by molar-refractivity contribution is 7.89. The van der Waals surface area contributed by atoms with Gasteiger partial charge in [-0.05, 0) is 36.2 Å². The average Bonchev–Trinajstić information content (AvgIpc) is 2.82. The van der Waals surface area contributed by atoms with E-state index in [0.29, 0.717) is 5.75 Å². The number of amides is 1. The van der Waals surface area contributed by atoms with Crippen LogP contribution in [0.1, 0.15) is 11.1 Å². The van der Waals surface area contributed by atoms with Crippen LogP contribution in [0.4, 0.5) is 4.39 Å². The molecule has 0 aliphatic heterocycles. The average molecular weight is 473 g/mol. The van der Waals surface area contributed by atoms with Crippen molar-refractivity contribution in [2.45, 2.75) is 23.9 Å². The third kappa shape index (κ3) is 6.30. The minimum absolute atomic E-state index is 0.0307. The molecule has 9 heteroatoms. The van der Waals surface area contributed by atoms with Crippen molar-refractivity contribution in [1.82, 2.24) is 10.0 Å². The van der Waals surface area contributed by atoms with Crippen molar-refractivity contribution in [1.29, 1.82) is 0 Å². The van der Waals surface area contributed by atoms with Gasteiger partial charge in [-0.1, -0.05) is 48.5 Å². The van der Waals surface area contributed by atoms with E-state index in [1.165, 1.54) is 20.3 Å². The lowest BCUT2D eigenvalue weighted by Gasteiger charge is -2.20. The van der Waals surface area contributed by atoms with Crippen LogP contribution < -0.4 is 19.5 Å². The van der Waals surface area contributed by atoms with Gasteiger partial charge in [-0.2, -0.15) is 4.72 Å². The molecule has 0 heterocycles. The summed E-state index contributed by atoms with van der Waals surface area (Å²) in [5.74, 6) is -0.709. The Morgan fingerprint density at radius 1 is 0.939 bits per heavy atom. The summed E-state index contributed by atoms with van der Waals surface area (Å²) in [7, 11) is -1.47. The van der Waals surface area contributed by atoms with Gasteiger partial charge >= 0.3 is 0 Å². The molecule has 7 nitrogen and oxygen atoms in total. The Bertz CT molecular complexity index is 1200. The third-order valence-corrected chi connectivity index (χ3v) is 6.45. The summed E-state index contributed by atoms with van der Waals surface area (Å²) < 4.78 is 52.8. The molecule has 1 unspecified atom stereocenters. The summed E-state index contributed by atoms with van der Waals surface area (Å²) in [4.78, 5) is 12.7. The van der Waals surface area contributed by atoms with E-state index >= 15 is 0 Å². The van der Waals surface area contributed by atoms with Gasteiger partial charge in [0.05, 0.1) is 14.2 Å². The summed E-state index contributed by atoms with van der Waals surface area (Å²) in [5, 5.41) is 2.76. The molecule has 0 fully saturated rings. The van der Waals surface area contributed by atoms with Gasteiger partial charge in [-0.15, -0.1) is 0 Å². The highest BCUT2D eigenvalue weighted by atomic mass is 32.2. The molecule has 1 amide bonds. The molecule has 0 bridgehead atoms. The minimum Gasteiger partial charge on any atom is -0.496 e. The van der Waals surface area contributed by atoms with E-state index in [-0.39, 0.29) is 23.6 Å². The fraction of sp³-hybridized carbons (Fsp3) is 0.208. The molecule has 3 rings (SSSR count). The van der Waals surface area contributed by atoms with Crippen LogP contribution in [0.2, 0.25) is 0 Å². The molecule has 0 saturated heterocycles. The zero-order chi connectivity index (χ0) is 23.8. The fourth-order valence-electron chi connectivity index (χ4n) is 3.30. The summed E-state index contributed by atoms with van der Waals surface area (Å²) in [5.41, 5.74) is 1.49. The van der Waals surface area contributed by atoms with E-state index in [9.17, 15) is 17.6 Å². The van der Waals surface area contributed by atoms with Gasteiger partial charge < -0.3 is 14.8 Å². The maximum atomic E-state index is 13.8. The second-order valence-electron chi connectivity index (χ2n) is 7.19. The topological polar surface area (TPSA) is 93.7 Å². The van der Waals surface area contributed by atoms with E-state index in [2.05, 4.69) is 10.0 Å². The van der Waals surface area contributed by atoms with Gasteiger partial charge in [0.15, 0.2) is 0 Å². The maximum Gasteiger partial charge on any atom is 0.245 e. The summed E-state index contributed by atoms with van der Waals surface area (Å²) in [6.45, 7) is 0.138. The van der Waals surface area contributed by atoms with Crippen molar-refractivity contribution in [2.75, 3.05) is 14.2 Å². The van der Waals surface area contributed by atoms with Crippen LogP contribution >= 0.6 is 0 Å². The normalized spacial score (nSPS) is 12.1. The first-order chi connectivity index (χ1) is 15.8. The van der Waals surface area contributed by atoms with Crippen LogP contribution in [0.3, 0.4) is 0 Å². The van der Waals surface area contributed by atoms with Crippen molar-refractivity contribution in [3.05, 3.63) is 89.7 Å². The monoisotopic (exact) mass is 472 g/mol. The smallest absolute Gasteiger partial charge is 0.245 e. The van der Waals surface area contributed by atoms with Crippen LogP contribution in [-0.4, -0.2) is 34.6 Å². The Kier molecular flexibility index (Phi) is 8.02. The number of methoxy groups -OCH3 is 2. The molecular formula is C24H25FN2O5S. The molecule has 0 aliphatic carbocycles. The Hall–Kier alpha value is -3.43. The zero-order valence-corrected chi connectivity index (χ0v) is 19.1. The number of rotatable bonds is 10. The number of carbonyl (C=O) groups excluding carboxylic acids is 1.